The van der Waals surface area contributed by atoms with E-state index in [1.165, 1.54) is 17.7 Å². The summed E-state index contributed by atoms with van der Waals surface area (Å²) in [5.74, 6) is -0.185. The number of ether oxygens (including phenoxy) is 1. The lowest BCUT2D eigenvalue weighted by Crippen LogP contribution is -2.33. The highest BCUT2D eigenvalue weighted by Crippen LogP contribution is 2.34. The van der Waals surface area contributed by atoms with Gasteiger partial charge in [0.25, 0.3) is 5.91 Å². The first kappa shape index (κ1) is 22.3. The van der Waals surface area contributed by atoms with E-state index in [1.54, 1.807) is 6.07 Å². The maximum absolute atomic E-state index is 13.3. The minimum Gasteiger partial charge on any atom is -0.377 e. The summed E-state index contributed by atoms with van der Waals surface area (Å²) in [7, 11) is -3.86. The van der Waals surface area contributed by atoms with Gasteiger partial charge in [0.1, 0.15) is 4.90 Å². The van der Waals surface area contributed by atoms with Crippen LogP contribution in [0.25, 0.3) is 0 Å². The Morgan fingerprint density at radius 3 is 2.65 bits per heavy atom. The van der Waals surface area contributed by atoms with Crippen molar-refractivity contribution < 1.29 is 17.9 Å². The zero-order valence-corrected chi connectivity index (χ0v) is 19.1. The van der Waals surface area contributed by atoms with Crippen molar-refractivity contribution in [3.05, 3.63) is 64.2 Å². The molecule has 31 heavy (non-hydrogen) atoms. The van der Waals surface area contributed by atoms with Crippen LogP contribution in [0.4, 0.5) is 0 Å². The van der Waals surface area contributed by atoms with Gasteiger partial charge in [-0.05, 0) is 56.4 Å². The van der Waals surface area contributed by atoms with Gasteiger partial charge in [-0.15, -0.1) is 0 Å². The number of halogens is 1. The first-order valence-corrected chi connectivity index (χ1v) is 12.5. The third-order valence-corrected chi connectivity index (χ3v) is 7.87. The molecule has 0 saturated carbocycles. The Bertz CT molecular complexity index is 1050. The Morgan fingerprint density at radius 2 is 1.94 bits per heavy atom. The standard InChI is InChI=1S/C23H27ClN2O4S/c1-16-6-8-17(9-7-16)21-5-2-12-26(21)23(27)18-10-11-20(24)22(14-18)31(28,29)25-15-19-4-3-13-30-19/h6-11,14,19,21,25H,2-5,12-13,15H2,1H3. The molecule has 0 bridgehead atoms. The highest BCUT2D eigenvalue weighted by Gasteiger charge is 2.31. The summed E-state index contributed by atoms with van der Waals surface area (Å²) in [5, 5.41) is 0.0906. The summed E-state index contributed by atoms with van der Waals surface area (Å²) in [6.07, 6.45) is 3.42. The Kier molecular flexibility index (Phi) is 6.67. The van der Waals surface area contributed by atoms with Crippen LogP contribution in [0.2, 0.25) is 5.02 Å². The quantitative estimate of drug-likeness (QED) is 0.701. The molecule has 1 N–H and O–H groups in total. The zero-order valence-electron chi connectivity index (χ0n) is 17.5. The Hall–Kier alpha value is -1.93. The highest BCUT2D eigenvalue weighted by molar-refractivity contribution is 7.89. The van der Waals surface area contributed by atoms with Gasteiger partial charge >= 0.3 is 0 Å². The van der Waals surface area contributed by atoms with E-state index in [-0.39, 0.29) is 34.5 Å². The van der Waals surface area contributed by atoms with Gasteiger partial charge in [0, 0.05) is 25.3 Å². The molecule has 1 amide bonds. The monoisotopic (exact) mass is 462 g/mol. The normalized spacial score (nSPS) is 21.5. The van der Waals surface area contributed by atoms with Crippen molar-refractivity contribution in [1.29, 1.82) is 0 Å². The molecule has 2 aromatic rings. The van der Waals surface area contributed by atoms with E-state index < -0.39 is 10.0 Å². The number of benzene rings is 2. The van der Waals surface area contributed by atoms with Crippen molar-refractivity contribution >= 4 is 27.5 Å². The fourth-order valence-electron chi connectivity index (χ4n) is 4.24. The summed E-state index contributed by atoms with van der Waals surface area (Å²) < 4.78 is 33.8. The SMILES string of the molecule is Cc1ccc(C2CCCN2C(=O)c2ccc(Cl)c(S(=O)(=O)NCC3CCCO3)c2)cc1. The molecule has 2 aromatic carbocycles. The second-order valence-electron chi connectivity index (χ2n) is 8.20. The van der Waals surface area contributed by atoms with Crippen LogP contribution in [0.1, 0.15) is 53.2 Å². The molecule has 2 aliphatic heterocycles. The average Bonchev–Trinajstić information content (AvgIpc) is 3.45. The summed E-state index contributed by atoms with van der Waals surface area (Å²) in [5.41, 5.74) is 2.58. The van der Waals surface area contributed by atoms with Crippen molar-refractivity contribution in [3.63, 3.8) is 0 Å². The predicted octanol–water partition coefficient (Wildman–Crippen LogP) is 4.08. The van der Waals surface area contributed by atoms with Crippen LogP contribution in [0.5, 0.6) is 0 Å². The van der Waals surface area contributed by atoms with Crippen molar-refractivity contribution in [3.8, 4) is 0 Å². The van der Waals surface area contributed by atoms with E-state index in [0.29, 0.717) is 18.7 Å². The van der Waals surface area contributed by atoms with Crippen LogP contribution in [-0.2, 0) is 14.8 Å². The van der Waals surface area contributed by atoms with Crippen LogP contribution < -0.4 is 4.72 Å². The van der Waals surface area contributed by atoms with Crippen molar-refractivity contribution in [2.24, 2.45) is 0 Å². The van der Waals surface area contributed by atoms with Gasteiger partial charge < -0.3 is 9.64 Å². The lowest BCUT2D eigenvalue weighted by molar-refractivity contribution is 0.0735. The number of hydrogen-bond acceptors (Lipinski definition) is 4. The van der Waals surface area contributed by atoms with E-state index >= 15 is 0 Å². The summed E-state index contributed by atoms with van der Waals surface area (Å²) in [6, 6.07) is 12.6. The van der Waals surface area contributed by atoms with Gasteiger partial charge in [-0.1, -0.05) is 41.4 Å². The minimum absolute atomic E-state index is 0.0125. The predicted molar refractivity (Wildman–Crippen MR) is 120 cm³/mol. The highest BCUT2D eigenvalue weighted by atomic mass is 35.5. The number of likely N-dealkylation sites (tertiary alicyclic amines) is 1. The van der Waals surface area contributed by atoms with Gasteiger partial charge in [0.05, 0.1) is 17.2 Å². The van der Waals surface area contributed by atoms with Crippen LogP contribution >= 0.6 is 11.6 Å². The largest absolute Gasteiger partial charge is 0.377 e. The molecule has 4 rings (SSSR count). The molecule has 2 unspecified atom stereocenters. The van der Waals surface area contributed by atoms with Gasteiger partial charge in [-0.25, -0.2) is 13.1 Å². The molecular formula is C23H27ClN2O4S. The second kappa shape index (κ2) is 9.28. The number of nitrogens with one attached hydrogen (secondary N) is 1. The Labute approximate surface area is 188 Å². The molecule has 0 spiro atoms. The lowest BCUT2D eigenvalue weighted by atomic mass is 10.0. The minimum atomic E-state index is -3.86. The lowest BCUT2D eigenvalue weighted by Gasteiger charge is -2.25. The Morgan fingerprint density at radius 1 is 1.16 bits per heavy atom. The van der Waals surface area contributed by atoms with Crippen molar-refractivity contribution in [1.82, 2.24) is 9.62 Å². The van der Waals surface area contributed by atoms with E-state index in [1.807, 2.05) is 24.0 Å². The molecule has 166 valence electrons. The molecule has 0 radical (unpaired) electrons. The molecule has 0 aliphatic carbocycles. The van der Waals surface area contributed by atoms with E-state index in [4.69, 9.17) is 16.3 Å². The van der Waals surface area contributed by atoms with Gasteiger partial charge in [-0.3, -0.25) is 4.79 Å². The first-order chi connectivity index (χ1) is 14.8. The molecule has 0 aromatic heterocycles. The summed E-state index contributed by atoms with van der Waals surface area (Å²) >= 11 is 6.20. The maximum atomic E-state index is 13.3. The van der Waals surface area contributed by atoms with Crippen LogP contribution in [-0.4, -0.2) is 45.0 Å². The van der Waals surface area contributed by atoms with Gasteiger partial charge in [0.15, 0.2) is 0 Å². The number of rotatable bonds is 6. The number of carbonyl (C=O) groups excluding carboxylic acids is 1. The average molecular weight is 463 g/mol. The fraction of sp³-hybridized carbons (Fsp3) is 0.435. The van der Waals surface area contributed by atoms with E-state index in [0.717, 1.165) is 31.2 Å². The summed E-state index contributed by atoms with van der Waals surface area (Å²) in [6.45, 7) is 3.51. The van der Waals surface area contributed by atoms with Crippen LogP contribution in [0, 0.1) is 6.92 Å². The third kappa shape index (κ3) is 4.95. The topological polar surface area (TPSA) is 75.7 Å². The Balaban J connectivity index is 1.55. The number of hydrogen-bond donors (Lipinski definition) is 1. The molecule has 2 saturated heterocycles. The molecule has 6 nitrogen and oxygen atoms in total. The molecule has 2 fully saturated rings. The zero-order chi connectivity index (χ0) is 22.0. The smallest absolute Gasteiger partial charge is 0.254 e. The number of amides is 1. The maximum Gasteiger partial charge on any atom is 0.254 e. The molecule has 8 heteroatoms. The van der Waals surface area contributed by atoms with Gasteiger partial charge in [0.2, 0.25) is 10.0 Å². The fourth-order valence-corrected chi connectivity index (χ4v) is 5.83. The van der Waals surface area contributed by atoms with E-state index in [2.05, 4.69) is 16.9 Å². The number of aryl methyl sites for hydroxylation is 1. The molecule has 2 aliphatic rings. The second-order valence-corrected chi connectivity index (χ2v) is 10.3. The summed E-state index contributed by atoms with van der Waals surface area (Å²) in [4.78, 5) is 15.0. The van der Waals surface area contributed by atoms with Crippen LogP contribution in [0.15, 0.2) is 47.4 Å². The number of carbonyl (C=O) groups is 1. The van der Waals surface area contributed by atoms with E-state index in [9.17, 15) is 13.2 Å². The van der Waals surface area contributed by atoms with Crippen molar-refractivity contribution in [2.45, 2.75) is 49.6 Å². The molecule has 2 atom stereocenters. The molecule has 2 heterocycles. The number of sulfonamides is 1. The molecular weight excluding hydrogens is 436 g/mol. The van der Waals surface area contributed by atoms with Crippen molar-refractivity contribution in [2.75, 3.05) is 19.7 Å². The third-order valence-electron chi connectivity index (χ3n) is 5.97. The number of nitrogens with zero attached hydrogens (tertiary/aromatic N) is 1. The van der Waals surface area contributed by atoms with Gasteiger partial charge in [-0.2, -0.15) is 0 Å². The first-order valence-electron chi connectivity index (χ1n) is 10.6. The van der Waals surface area contributed by atoms with Crippen LogP contribution in [0.3, 0.4) is 0 Å².